The predicted octanol–water partition coefficient (Wildman–Crippen LogP) is 3.98. The maximum absolute atomic E-state index is 5.68. The first-order chi connectivity index (χ1) is 9.31. The Bertz CT molecular complexity index is 499. The van der Waals surface area contributed by atoms with Gasteiger partial charge < -0.3 is 0 Å². The molecule has 0 fully saturated rings. The number of nitrogens with two attached hydrogens (primary N) is 1. The second-order valence-electron chi connectivity index (χ2n) is 4.62. The highest BCUT2D eigenvalue weighted by molar-refractivity contribution is 9.10. The van der Waals surface area contributed by atoms with Gasteiger partial charge in [-0.2, -0.15) is 0 Å². The summed E-state index contributed by atoms with van der Waals surface area (Å²) in [4.78, 5) is 0. The van der Waals surface area contributed by atoms with Crippen molar-refractivity contribution >= 4 is 15.9 Å². The van der Waals surface area contributed by atoms with Crippen LogP contribution >= 0.6 is 15.9 Å². The van der Waals surface area contributed by atoms with Gasteiger partial charge in [0.15, 0.2) is 0 Å². The van der Waals surface area contributed by atoms with Crippen molar-refractivity contribution in [3.8, 4) is 0 Å². The van der Waals surface area contributed by atoms with E-state index in [1.807, 2.05) is 12.1 Å². The fourth-order valence-electron chi connectivity index (χ4n) is 2.24. The number of rotatable bonds is 6. The van der Waals surface area contributed by atoms with Crippen LogP contribution in [0.25, 0.3) is 0 Å². The summed E-state index contributed by atoms with van der Waals surface area (Å²) in [7, 11) is 0. The standard InChI is InChI=1S/C16H19BrN2/c17-15-11-5-4-10-14(15)16(19-18)12-6-9-13-7-2-1-3-8-13/h1-5,7-8,10-11,16,19H,6,9,12,18H2. The molecule has 0 aliphatic carbocycles. The third-order valence-electron chi connectivity index (χ3n) is 3.28. The van der Waals surface area contributed by atoms with Crippen molar-refractivity contribution in [2.75, 3.05) is 0 Å². The van der Waals surface area contributed by atoms with Crippen LogP contribution in [0, 0.1) is 0 Å². The van der Waals surface area contributed by atoms with Crippen molar-refractivity contribution in [2.45, 2.75) is 25.3 Å². The van der Waals surface area contributed by atoms with Gasteiger partial charge in [-0.05, 0) is 36.5 Å². The largest absolute Gasteiger partial charge is 0.271 e. The van der Waals surface area contributed by atoms with Gasteiger partial charge in [-0.15, -0.1) is 0 Å². The summed E-state index contributed by atoms with van der Waals surface area (Å²) in [6.45, 7) is 0. The number of hydrogen-bond acceptors (Lipinski definition) is 2. The van der Waals surface area contributed by atoms with Gasteiger partial charge >= 0.3 is 0 Å². The van der Waals surface area contributed by atoms with Gasteiger partial charge in [0, 0.05) is 10.5 Å². The highest BCUT2D eigenvalue weighted by Crippen LogP contribution is 2.26. The molecule has 19 heavy (non-hydrogen) atoms. The van der Waals surface area contributed by atoms with Crippen LogP contribution in [-0.2, 0) is 6.42 Å². The zero-order valence-electron chi connectivity index (χ0n) is 10.9. The van der Waals surface area contributed by atoms with Gasteiger partial charge in [0.25, 0.3) is 0 Å². The van der Waals surface area contributed by atoms with Gasteiger partial charge in [-0.25, -0.2) is 0 Å². The van der Waals surface area contributed by atoms with Crippen LogP contribution in [0.4, 0.5) is 0 Å². The molecule has 0 radical (unpaired) electrons. The number of benzene rings is 2. The molecule has 3 heteroatoms. The smallest absolute Gasteiger partial charge is 0.0471 e. The molecule has 2 rings (SSSR count). The third-order valence-corrected chi connectivity index (χ3v) is 4.01. The average molecular weight is 319 g/mol. The summed E-state index contributed by atoms with van der Waals surface area (Å²) in [5.74, 6) is 5.68. The van der Waals surface area contributed by atoms with Crippen LogP contribution in [-0.4, -0.2) is 0 Å². The van der Waals surface area contributed by atoms with E-state index in [2.05, 4.69) is 63.8 Å². The Balaban J connectivity index is 1.92. The second kappa shape index (κ2) is 7.43. The summed E-state index contributed by atoms with van der Waals surface area (Å²) in [6, 6.07) is 19.0. The monoisotopic (exact) mass is 318 g/mol. The minimum atomic E-state index is 0.194. The third kappa shape index (κ3) is 4.16. The van der Waals surface area contributed by atoms with Crippen LogP contribution in [0.15, 0.2) is 59.1 Å². The van der Waals surface area contributed by atoms with Gasteiger partial charge in [-0.3, -0.25) is 11.3 Å². The van der Waals surface area contributed by atoms with Crippen LogP contribution < -0.4 is 11.3 Å². The fourth-order valence-corrected chi connectivity index (χ4v) is 2.80. The lowest BCUT2D eigenvalue weighted by molar-refractivity contribution is 0.497. The van der Waals surface area contributed by atoms with Crippen molar-refractivity contribution < 1.29 is 0 Å². The van der Waals surface area contributed by atoms with E-state index in [1.165, 1.54) is 11.1 Å². The lowest BCUT2D eigenvalue weighted by Crippen LogP contribution is -2.28. The molecule has 0 bridgehead atoms. The van der Waals surface area contributed by atoms with Crippen molar-refractivity contribution in [3.63, 3.8) is 0 Å². The van der Waals surface area contributed by atoms with Crippen molar-refractivity contribution in [3.05, 3.63) is 70.2 Å². The topological polar surface area (TPSA) is 38.0 Å². The van der Waals surface area contributed by atoms with Crippen LogP contribution in [0.5, 0.6) is 0 Å². The molecular weight excluding hydrogens is 300 g/mol. The van der Waals surface area contributed by atoms with E-state index in [0.717, 1.165) is 23.7 Å². The van der Waals surface area contributed by atoms with E-state index in [9.17, 15) is 0 Å². The summed E-state index contributed by atoms with van der Waals surface area (Å²) >= 11 is 3.58. The molecule has 0 spiro atoms. The van der Waals surface area contributed by atoms with Crippen LogP contribution in [0.1, 0.15) is 30.0 Å². The molecule has 0 aliphatic heterocycles. The van der Waals surface area contributed by atoms with E-state index in [-0.39, 0.29) is 6.04 Å². The zero-order valence-corrected chi connectivity index (χ0v) is 12.4. The Kier molecular flexibility index (Phi) is 5.58. The molecule has 0 saturated heterocycles. The first kappa shape index (κ1) is 14.3. The Morgan fingerprint density at radius 2 is 1.68 bits per heavy atom. The Morgan fingerprint density at radius 1 is 1.00 bits per heavy atom. The molecule has 0 heterocycles. The van der Waals surface area contributed by atoms with Gasteiger partial charge in [0.05, 0.1) is 0 Å². The lowest BCUT2D eigenvalue weighted by Gasteiger charge is -2.17. The quantitative estimate of drug-likeness (QED) is 0.624. The highest BCUT2D eigenvalue weighted by atomic mass is 79.9. The van der Waals surface area contributed by atoms with Gasteiger partial charge in [-0.1, -0.05) is 64.5 Å². The molecule has 0 aromatic heterocycles. The van der Waals surface area contributed by atoms with E-state index in [0.29, 0.717) is 0 Å². The first-order valence-corrected chi connectivity index (χ1v) is 7.35. The van der Waals surface area contributed by atoms with Crippen molar-refractivity contribution in [2.24, 2.45) is 5.84 Å². The summed E-state index contributed by atoms with van der Waals surface area (Å²) in [5.41, 5.74) is 5.52. The maximum atomic E-state index is 5.68. The molecule has 2 nitrogen and oxygen atoms in total. The molecule has 0 amide bonds. The molecule has 1 unspecified atom stereocenters. The first-order valence-electron chi connectivity index (χ1n) is 6.55. The maximum Gasteiger partial charge on any atom is 0.0471 e. The van der Waals surface area contributed by atoms with Gasteiger partial charge in [0.1, 0.15) is 0 Å². The molecule has 2 aromatic rings. The molecule has 100 valence electrons. The summed E-state index contributed by atoms with van der Waals surface area (Å²) in [6.07, 6.45) is 3.22. The van der Waals surface area contributed by atoms with Crippen LogP contribution in [0.2, 0.25) is 0 Å². The van der Waals surface area contributed by atoms with E-state index >= 15 is 0 Å². The Labute approximate surface area is 123 Å². The van der Waals surface area contributed by atoms with Crippen molar-refractivity contribution in [1.29, 1.82) is 0 Å². The second-order valence-corrected chi connectivity index (χ2v) is 5.47. The van der Waals surface area contributed by atoms with Crippen molar-refractivity contribution in [1.82, 2.24) is 5.43 Å². The number of aryl methyl sites for hydroxylation is 1. The predicted molar refractivity (Wildman–Crippen MR) is 83.6 cm³/mol. The van der Waals surface area contributed by atoms with E-state index < -0.39 is 0 Å². The van der Waals surface area contributed by atoms with E-state index in [1.54, 1.807) is 0 Å². The average Bonchev–Trinajstić information content (AvgIpc) is 2.46. The molecular formula is C16H19BrN2. The van der Waals surface area contributed by atoms with Crippen LogP contribution in [0.3, 0.4) is 0 Å². The minimum Gasteiger partial charge on any atom is -0.271 e. The number of nitrogens with one attached hydrogen (secondary N) is 1. The highest BCUT2D eigenvalue weighted by Gasteiger charge is 2.11. The molecule has 1 atom stereocenters. The summed E-state index contributed by atoms with van der Waals surface area (Å²) < 4.78 is 1.11. The molecule has 0 aliphatic rings. The molecule has 0 saturated carbocycles. The SMILES string of the molecule is NNC(CCCc1ccccc1)c1ccccc1Br. The minimum absolute atomic E-state index is 0.194. The molecule has 2 aromatic carbocycles. The zero-order chi connectivity index (χ0) is 13.5. The number of hydrogen-bond donors (Lipinski definition) is 2. The number of halogens is 1. The normalized spacial score (nSPS) is 12.3. The number of hydrazine groups is 1. The van der Waals surface area contributed by atoms with E-state index in [4.69, 9.17) is 5.84 Å². The lowest BCUT2D eigenvalue weighted by atomic mass is 9.99. The Hall–Kier alpha value is -1.16. The van der Waals surface area contributed by atoms with Gasteiger partial charge in [0.2, 0.25) is 0 Å². The fraction of sp³-hybridized carbons (Fsp3) is 0.250. The summed E-state index contributed by atoms with van der Waals surface area (Å²) in [5, 5.41) is 0. The molecule has 3 N–H and O–H groups in total. The Morgan fingerprint density at radius 3 is 2.37 bits per heavy atom.